The molecule has 0 saturated heterocycles. The maximum absolute atomic E-state index is 12.5. The molecule has 0 unspecified atom stereocenters. The van der Waals surface area contributed by atoms with Gasteiger partial charge in [-0.05, 0) is 6.07 Å². The number of imidazole rings is 1. The first-order valence-corrected chi connectivity index (χ1v) is 5.27. The number of hydrogen-bond acceptors (Lipinski definition) is 4. The van der Waals surface area contributed by atoms with Crippen LogP contribution in [0, 0.1) is 0 Å². The minimum Gasteiger partial charge on any atom is -0.454 e. The van der Waals surface area contributed by atoms with Gasteiger partial charge in [0.05, 0.1) is 6.20 Å². The number of aromatic nitrogens is 2. The summed E-state index contributed by atoms with van der Waals surface area (Å²) in [6.45, 7) is 0.0597. The molecule has 100 valence electrons. The van der Waals surface area contributed by atoms with Crippen LogP contribution in [0.4, 0.5) is 18.9 Å². The van der Waals surface area contributed by atoms with Crippen molar-refractivity contribution in [2.45, 2.75) is 6.18 Å². The van der Waals surface area contributed by atoms with E-state index in [1.165, 1.54) is 12.1 Å². The van der Waals surface area contributed by atoms with Crippen LogP contribution >= 0.6 is 0 Å². The Morgan fingerprint density at radius 3 is 2.53 bits per heavy atom. The zero-order valence-electron chi connectivity index (χ0n) is 9.41. The molecule has 0 radical (unpaired) electrons. The number of anilines is 1. The monoisotopic (exact) mass is 271 g/mol. The molecule has 0 atom stereocenters. The summed E-state index contributed by atoms with van der Waals surface area (Å²) in [7, 11) is 0. The van der Waals surface area contributed by atoms with Crippen molar-refractivity contribution in [3.63, 3.8) is 0 Å². The maximum atomic E-state index is 12.5. The summed E-state index contributed by atoms with van der Waals surface area (Å²) < 4.78 is 47.7. The van der Waals surface area contributed by atoms with Crippen molar-refractivity contribution in [1.29, 1.82) is 0 Å². The minimum absolute atomic E-state index is 0.0307. The van der Waals surface area contributed by atoms with Crippen LogP contribution in [0.3, 0.4) is 0 Å². The van der Waals surface area contributed by atoms with Gasteiger partial charge < -0.3 is 20.2 Å². The van der Waals surface area contributed by atoms with Gasteiger partial charge in [-0.1, -0.05) is 0 Å². The first kappa shape index (κ1) is 11.7. The van der Waals surface area contributed by atoms with Gasteiger partial charge in [-0.2, -0.15) is 13.2 Å². The Bertz CT molecular complexity index is 637. The van der Waals surface area contributed by atoms with Crippen molar-refractivity contribution in [2.24, 2.45) is 0 Å². The Morgan fingerprint density at radius 2 is 1.89 bits per heavy atom. The molecule has 1 aromatic heterocycles. The van der Waals surface area contributed by atoms with Crippen molar-refractivity contribution >= 4 is 5.69 Å². The fourth-order valence-corrected chi connectivity index (χ4v) is 1.76. The Kier molecular flexibility index (Phi) is 2.34. The first-order valence-electron chi connectivity index (χ1n) is 5.27. The lowest BCUT2D eigenvalue weighted by molar-refractivity contribution is -0.140. The zero-order chi connectivity index (χ0) is 13.6. The molecular weight excluding hydrogens is 263 g/mol. The van der Waals surface area contributed by atoms with Crippen LogP contribution in [0.5, 0.6) is 11.5 Å². The normalized spacial score (nSPS) is 13.8. The molecule has 5 nitrogen and oxygen atoms in total. The highest BCUT2D eigenvalue weighted by Crippen LogP contribution is 2.39. The second kappa shape index (κ2) is 3.81. The fourth-order valence-electron chi connectivity index (χ4n) is 1.76. The van der Waals surface area contributed by atoms with Gasteiger partial charge in [-0.3, -0.25) is 0 Å². The molecule has 1 aliphatic heterocycles. The Morgan fingerprint density at radius 1 is 1.21 bits per heavy atom. The van der Waals surface area contributed by atoms with E-state index >= 15 is 0 Å². The van der Waals surface area contributed by atoms with Crippen molar-refractivity contribution in [1.82, 2.24) is 9.97 Å². The number of nitrogens with zero attached hydrogens (tertiary/aromatic N) is 1. The summed E-state index contributed by atoms with van der Waals surface area (Å²) in [6.07, 6.45) is -3.75. The third kappa shape index (κ3) is 1.94. The molecule has 1 aliphatic rings. The van der Waals surface area contributed by atoms with Crippen LogP contribution in [-0.4, -0.2) is 16.8 Å². The highest BCUT2D eigenvalue weighted by Gasteiger charge is 2.33. The van der Waals surface area contributed by atoms with Gasteiger partial charge in [0.2, 0.25) is 6.79 Å². The summed E-state index contributed by atoms with van der Waals surface area (Å²) in [5.41, 5.74) is 5.43. The number of alkyl halides is 3. The zero-order valence-corrected chi connectivity index (χ0v) is 9.41. The summed E-state index contributed by atoms with van der Waals surface area (Å²) in [6, 6.07) is 2.99. The molecule has 2 heterocycles. The summed E-state index contributed by atoms with van der Waals surface area (Å²) in [5.74, 6) is 0.918. The molecule has 1 aromatic carbocycles. The predicted molar refractivity (Wildman–Crippen MR) is 59.6 cm³/mol. The van der Waals surface area contributed by atoms with Crippen molar-refractivity contribution in [2.75, 3.05) is 12.5 Å². The molecule has 8 heteroatoms. The highest BCUT2D eigenvalue weighted by molar-refractivity contribution is 5.76. The topological polar surface area (TPSA) is 73.2 Å². The maximum Gasteiger partial charge on any atom is 0.432 e. The van der Waals surface area contributed by atoms with Crippen molar-refractivity contribution in [3.8, 4) is 22.9 Å². The number of halogens is 3. The standard InChI is InChI=1S/C11H8F3N3O2/c12-11(13,14)9-3-16-10(17-9)5-1-7-8(2-6(5)15)19-4-18-7/h1-3H,4,15H2,(H,16,17). The van der Waals surface area contributed by atoms with E-state index in [0.717, 1.165) is 6.20 Å². The summed E-state index contributed by atoms with van der Waals surface area (Å²) in [4.78, 5) is 5.88. The smallest absolute Gasteiger partial charge is 0.432 e. The number of aromatic amines is 1. The van der Waals surface area contributed by atoms with E-state index in [1.807, 2.05) is 0 Å². The molecular formula is C11H8F3N3O2. The van der Waals surface area contributed by atoms with Crippen LogP contribution < -0.4 is 15.2 Å². The van der Waals surface area contributed by atoms with E-state index in [1.54, 1.807) is 0 Å². The third-order valence-electron chi connectivity index (χ3n) is 2.68. The first-order chi connectivity index (χ1) is 8.95. The van der Waals surface area contributed by atoms with E-state index in [-0.39, 0.29) is 18.3 Å². The molecule has 3 rings (SSSR count). The quantitative estimate of drug-likeness (QED) is 0.781. The molecule has 0 spiro atoms. The van der Waals surface area contributed by atoms with E-state index in [2.05, 4.69) is 9.97 Å². The average molecular weight is 271 g/mol. The van der Waals surface area contributed by atoms with E-state index in [4.69, 9.17) is 15.2 Å². The summed E-state index contributed by atoms with van der Waals surface area (Å²) >= 11 is 0. The number of nitrogens with two attached hydrogens (primary N) is 1. The van der Waals surface area contributed by atoms with E-state index < -0.39 is 11.9 Å². The van der Waals surface area contributed by atoms with Crippen LogP contribution in [0.2, 0.25) is 0 Å². The average Bonchev–Trinajstić information content (AvgIpc) is 2.93. The third-order valence-corrected chi connectivity index (χ3v) is 2.68. The lowest BCUT2D eigenvalue weighted by atomic mass is 10.1. The predicted octanol–water partition coefficient (Wildman–Crippen LogP) is 2.41. The van der Waals surface area contributed by atoms with Gasteiger partial charge in [0, 0.05) is 17.3 Å². The number of hydrogen-bond donors (Lipinski definition) is 2. The number of fused-ring (bicyclic) bond motifs is 1. The molecule has 2 aromatic rings. The number of ether oxygens (including phenoxy) is 2. The van der Waals surface area contributed by atoms with Crippen molar-refractivity contribution in [3.05, 3.63) is 24.0 Å². The fraction of sp³-hybridized carbons (Fsp3) is 0.182. The number of nitrogen functional groups attached to an aromatic ring is 1. The number of rotatable bonds is 1. The van der Waals surface area contributed by atoms with Gasteiger partial charge in [0.25, 0.3) is 0 Å². The van der Waals surface area contributed by atoms with Gasteiger partial charge in [-0.25, -0.2) is 4.98 Å². The van der Waals surface area contributed by atoms with Gasteiger partial charge in [0.15, 0.2) is 11.5 Å². The lowest BCUT2D eigenvalue weighted by Gasteiger charge is -2.05. The molecule has 0 saturated carbocycles. The van der Waals surface area contributed by atoms with Crippen LogP contribution in [0.15, 0.2) is 18.3 Å². The Labute approximate surface area is 105 Å². The SMILES string of the molecule is Nc1cc2c(cc1-c1ncc(C(F)(F)F)[nH]1)OCO2. The van der Waals surface area contributed by atoms with Gasteiger partial charge in [0.1, 0.15) is 11.5 Å². The molecule has 0 fully saturated rings. The van der Waals surface area contributed by atoms with Gasteiger partial charge in [-0.15, -0.1) is 0 Å². The van der Waals surface area contributed by atoms with Crippen molar-refractivity contribution < 1.29 is 22.6 Å². The van der Waals surface area contributed by atoms with Gasteiger partial charge >= 0.3 is 6.18 Å². The number of H-pyrrole nitrogens is 1. The molecule has 3 N–H and O–H groups in total. The Balaban J connectivity index is 2.05. The number of benzene rings is 1. The highest BCUT2D eigenvalue weighted by atomic mass is 19.4. The Hall–Kier alpha value is -2.38. The second-order valence-electron chi connectivity index (χ2n) is 3.94. The minimum atomic E-state index is -4.48. The molecule has 0 bridgehead atoms. The van der Waals surface area contributed by atoms with Crippen LogP contribution in [-0.2, 0) is 6.18 Å². The van der Waals surface area contributed by atoms with Crippen LogP contribution in [0.1, 0.15) is 5.69 Å². The van der Waals surface area contributed by atoms with E-state index in [0.29, 0.717) is 17.1 Å². The molecule has 19 heavy (non-hydrogen) atoms. The van der Waals surface area contributed by atoms with E-state index in [9.17, 15) is 13.2 Å². The number of nitrogens with one attached hydrogen (secondary N) is 1. The largest absolute Gasteiger partial charge is 0.454 e. The van der Waals surface area contributed by atoms with Crippen LogP contribution in [0.25, 0.3) is 11.4 Å². The summed E-state index contributed by atoms with van der Waals surface area (Å²) in [5, 5.41) is 0. The molecule has 0 aliphatic carbocycles. The second-order valence-corrected chi connectivity index (χ2v) is 3.94. The molecule has 0 amide bonds. The lowest BCUT2D eigenvalue weighted by Crippen LogP contribution is -2.05.